The molecule has 2 heteroatoms. The zero-order valence-corrected chi connectivity index (χ0v) is 5.28. The molecule has 0 aromatic heterocycles. The van der Waals surface area contributed by atoms with Crippen molar-refractivity contribution in [3.05, 3.63) is 0 Å². The summed E-state index contributed by atoms with van der Waals surface area (Å²) in [5.74, 6) is 0. The zero-order valence-electron chi connectivity index (χ0n) is 5.28. The molecule has 1 aliphatic carbocycles. The first kappa shape index (κ1) is 6.05. The Bertz CT molecular complexity index is 78.6. The molecule has 1 fully saturated rings. The normalized spacial score (nSPS) is 24.8. The van der Waals surface area contributed by atoms with Gasteiger partial charge in [-0.1, -0.05) is 0 Å². The molecule has 0 aromatic carbocycles. The van der Waals surface area contributed by atoms with Gasteiger partial charge in [0, 0.05) is 5.54 Å². The Kier molecular flexibility index (Phi) is 1.54. The molecule has 0 aromatic rings. The van der Waals surface area contributed by atoms with Crippen molar-refractivity contribution in [1.82, 2.24) is 5.32 Å². The van der Waals surface area contributed by atoms with E-state index in [-0.39, 0.29) is 12.3 Å². The Labute approximate surface area is 49.9 Å². The predicted octanol–water partition coefficient (Wildman–Crippen LogP) is 0.468. The largest absolute Gasteiger partial charge is 0.381 e. The van der Waals surface area contributed by atoms with Crippen molar-refractivity contribution in [3.63, 3.8) is 0 Å². The summed E-state index contributed by atoms with van der Waals surface area (Å²) in [6.45, 7) is 2.27. The maximum absolute atomic E-state index is 8.46. The molecule has 0 saturated heterocycles. The van der Waals surface area contributed by atoms with Crippen molar-refractivity contribution in [2.45, 2.75) is 31.7 Å². The molecule has 0 aliphatic heterocycles. The summed E-state index contributed by atoms with van der Waals surface area (Å²) in [5, 5.41) is 11.5. The van der Waals surface area contributed by atoms with E-state index in [9.17, 15) is 0 Å². The summed E-state index contributed by atoms with van der Waals surface area (Å²) in [5.41, 5.74) is 0.273. The molecule has 0 radical (unpaired) electrons. The van der Waals surface area contributed by atoms with Gasteiger partial charge in [0.1, 0.15) is 0 Å². The summed E-state index contributed by atoms with van der Waals surface area (Å²) >= 11 is 0. The highest BCUT2D eigenvalue weighted by atomic mass is 16.3. The van der Waals surface area contributed by atoms with Crippen LogP contribution in [0.5, 0.6) is 0 Å². The Morgan fingerprint density at radius 3 is 2.38 bits per heavy atom. The molecule has 0 atom stereocenters. The van der Waals surface area contributed by atoms with Crippen LogP contribution in [0.2, 0.25) is 0 Å². The monoisotopic (exact) mass is 115 g/mol. The van der Waals surface area contributed by atoms with Gasteiger partial charge in [-0.2, -0.15) is 0 Å². The van der Waals surface area contributed by atoms with E-state index in [1.165, 1.54) is 19.3 Å². The fourth-order valence-corrected chi connectivity index (χ4v) is 1.07. The highest BCUT2D eigenvalue weighted by molar-refractivity contribution is 4.90. The third-order valence-electron chi connectivity index (χ3n) is 1.96. The van der Waals surface area contributed by atoms with Crippen molar-refractivity contribution in [2.24, 2.45) is 0 Å². The van der Waals surface area contributed by atoms with Crippen molar-refractivity contribution in [3.8, 4) is 0 Å². The maximum atomic E-state index is 8.46. The minimum Gasteiger partial charge on any atom is -0.381 e. The average molecular weight is 115 g/mol. The topological polar surface area (TPSA) is 32.3 Å². The van der Waals surface area contributed by atoms with Crippen LogP contribution in [-0.2, 0) is 0 Å². The van der Waals surface area contributed by atoms with Crippen LogP contribution in [0.1, 0.15) is 26.2 Å². The van der Waals surface area contributed by atoms with Crippen LogP contribution in [0.3, 0.4) is 0 Å². The van der Waals surface area contributed by atoms with E-state index in [1.54, 1.807) is 0 Å². The minimum atomic E-state index is 0.122. The lowest BCUT2D eigenvalue weighted by Crippen LogP contribution is -2.48. The van der Waals surface area contributed by atoms with Gasteiger partial charge in [-0.05, 0) is 26.2 Å². The molecule has 2 N–H and O–H groups in total. The lowest BCUT2D eigenvalue weighted by molar-refractivity contribution is 0.139. The van der Waals surface area contributed by atoms with Gasteiger partial charge in [-0.3, -0.25) is 5.32 Å². The fourth-order valence-electron chi connectivity index (χ4n) is 1.07. The molecule has 0 spiro atoms. The standard InChI is InChI=1S/C6H13NO/c1-6(7-5-8)3-2-4-6/h7-8H,2-5H2,1H3. The molecular formula is C6H13NO. The highest BCUT2D eigenvalue weighted by Crippen LogP contribution is 2.30. The lowest BCUT2D eigenvalue weighted by atomic mass is 9.79. The zero-order chi connectivity index (χ0) is 6.04. The van der Waals surface area contributed by atoms with E-state index in [0.717, 1.165) is 0 Å². The average Bonchev–Trinajstić information content (AvgIpc) is 1.64. The second-order valence-electron chi connectivity index (χ2n) is 2.75. The summed E-state index contributed by atoms with van der Waals surface area (Å²) < 4.78 is 0. The van der Waals surface area contributed by atoms with E-state index < -0.39 is 0 Å². The number of aliphatic hydroxyl groups excluding tert-OH is 1. The Hall–Kier alpha value is -0.0800. The van der Waals surface area contributed by atoms with Gasteiger partial charge in [0.15, 0.2) is 0 Å². The first-order valence-corrected chi connectivity index (χ1v) is 3.13. The first-order valence-electron chi connectivity index (χ1n) is 3.13. The van der Waals surface area contributed by atoms with E-state index >= 15 is 0 Å². The third-order valence-corrected chi connectivity index (χ3v) is 1.96. The minimum absolute atomic E-state index is 0.122. The van der Waals surface area contributed by atoms with Gasteiger partial charge in [0.05, 0.1) is 6.73 Å². The van der Waals surface area contributed by atoms with Gasteiger partial charge in [-0.15, -0.1) is 0 Å². The van der Waals surface area contributed by atoms with Gasteiger partial charge >= 0.3 is 0 Å². The lowest BCUT2D eigenvalue weighted by Gasteiger charge is -2.38. The molecule has 0 heterocycles. The smallest absolute Gasteiger partial charge is 0.0935 e. The molecule has 1 rings (SSSR count). The predicted molar refractivity (Wildman–Crippen MR) is 32.5 cm³/mol. The van der Waals surface area contributed by atoms with E-state index in [2.05, 4.69) is 12.2 Å². The third kappa shape index (κ3) is 1.01. The summed E-state index contributed by atoms with van der Waals surface area (Å²) in [4.78, 5) is 0. The summed E-state index contributed by atoms with van der Waals surface area (Å²) in [6, 6.07) is 0. The number of aliphatic hydroxyl groups is 1. The van der Waals surface area contributed by atoms with Crippen LogP contribution in [0.25, 0.3) is 0 Å². The van der Waals surface area contributed by atoms with Crippen LogP contribution >= 0.6 is 0 Å². The van der Waals surface area contributed by atoms with E-state index in [1.807, 2.05) is 0 Å². The Morgan fingerprint density at radius 2 is 2.25 bits per heavy atom. The number of hydrogen-bond donors (Lipinski definition) is 2. The quantitative estimate of drug-likeness (QED) is 0.513. The van der Waals surface area contributed by atoms with Crippen LogP contribution in [0.4, 0.5) is 0 Å². The van der Waals surface area contributed by atoms with Crippen LogP contribution in [-0.4, -0.2) is 17.4 Å². The van der Waals surface area contributed by atoms with Crippen LogP contribution < -0.4 is 5.32 Å². The first-order chi connectivity index (χ1) is 3.77. The molecule has 0 amide bonds. The molecule has 0 bridgehead atoms. The summed E-state index contributed by atoms with van der Waals surface area (Å²) in [7, 11) is 0. The molecule has 1 aliphatic rings. The van der Waals surface area contributed by atoms with Crippen molar-refractivity contribution < 1.29 is 5.11 Å². The van der Waals surface area contributed by atoms with E-state index in [4.69, 9.17) is 5.11 Å². The van der Waals surface area contributed by atoms with Crippen LogP contribution in [0, 0.1) is 0 Å². The molecule has 0 unspecified atom stereocenters. The molecule has 1 saturated carbocycles. The SMILES string of the molecule is CC1(NCO)CCC1. The summed E-state index contributed by atoms with van der Waals surface area (Å²) in [6.07, 6.45) is 3.74. The van der Waals surface area contributed by atoms with Crippen LogP contribution in [0.15, 0.2) is 0 Å². The molecule has 8 heavy (non-hydrogen) atoms. The second-order valence-corrected chi connectivity index (χ2v) is 2.75. The fraction of sp³-hybridized carbons (Fsp3) is 1.00. The van der Waals surface area contributed by atoms with E-state index in [0.29, 0.717) is 0 Å². The highest BCUT2D eigenvalue weighted by Gasteiger charge is 2.30. The van der Waals surface area contributed by atoms with Crippen molar-refractivity contribution in [2.75, 3.05) is 6.73 Å². The second kappa shape index (κ2) is 2.03. The maximum Gasteiger partial charge on any atom is 0.0935 e. The van der Waals surface area contributed by atoms with Gasteiger partial charge in [0.25, 0.3) is 0 Å². The Morgan fingerprint density at radius 1 is 1.62 bits per heavy atom. The molecule has 2 nitrogen and oxygen atoms in total. The van der Waals surface area contributed by atoms with Gasteiger partial charge < -0.3 is 5.11 Å². The number of nitrogens with one attached hydrogen (secondary N) is 1. The number of hydrogen-bond acceptors (Lipinski definition) is 2. The molecular weight excluding hydrogens is 102 g/mol. The van der Waals surface area contributed by atoms with Crippen molar-refractivity contribution >= 4 is 0 Å². The van der Waals surface area contributed by atoms with Gasteiger partial charge in [0.2, 0.25) is 0 Å². The van der Waals surface area contributed by atoms with Gasteiger partial charge in [-0.25, -0.2) is 0 Å². The molecule has 48 valence electrons. The number of rotatable bonds is 2. The Balaban J connectivity index is 2.20. The van der Waals surface area contributed by atoms with Crippen molar-refractivity contribution in [1.29, 1.82) is 0 Å².